The van der Waals surface area contributed by atoms with Gasteiger partial charge < -0.3 is 19.6 Å². The van der Waals surface area contributed by atoms with E-state index in [-0.39, 0.29) is 6.10 Å². The Balaban J connectivity index is 1.86. The van der Waals surface area contributed by atoms with Crippen molar-refractivity contribution in [2.75, 3.05) is 37.7 Å². The molecule has 5 heteroatoms. The Kier molecular flexibility index (Phi) is 3.01. The lowest BCUT2D eigenvalue weighted by Gasteiger charge is -2.35. The van der Waals surface area contributed by atoms with E-state index < -0.39 is 0 Å². The van der Waals surface area contributed by atoms with Gasteiger partial charge in [-0.2, -0.15) is 5.06 Å². The molecule has 2 heterocycles. The first kappa shape index (κ1) is 11.6. The van der Waals surface area contributed by atoms with E-state index in [0.29, 0.717) is 19.7 Å². The summed E-state index contributed by atoms with van der Waals surface area (Å²) in [5, 5.41) is 10.8. The molecule has 1 atom stereocenters. The molecule has 98 valence electrons. The van der Waals surface area contributed by atoms with Crippen LogP contribution in [0.1, 0.15) is 6.92 Å². The molecule has 0 bridgehead atoms. The van der Waals surface area contributed by atoms with Crippen LogP contribution in [0.25, 0.3) is 0 Å². The number of piperazine rings is 1. The smallest absolute Gasteiger partial charge is 0.184 e. The average Bonchev–Trinajstić information content (AvgIpc) is 2.38. The molecule has 0 amide bonds. The molecule has 0 saturated carbocycles. The predicted octanol–water partition coefficient (Wildman–Crippen LogP) is 1.36. The number of hydroxylamine groups is 2. The van der Waals surface area contributed by atoms with Gasteiger partial charge in [-0.3, -0.25) is 0 Å². The van der Waals surface area contributed by atoms with Gasteiger partial charge in [0.2, 0.25) is 0 Å². The molecular weight excluding hydrogens is 232 g/mol. The molecule has 1 N–H and O–H groups in total. The molecule has 1 fully saturated rings. The third kappa shape index (κ3) is 2.11. The quantitative estimate of drug-likeness (QED) is 0.815. The molecule has 0 radical (unpaired) electrons. The molecule has 1 saturated heterocycles. The third-order valence-corrected chi connectivity index (χ3v) is 3.35. The Morgan fingerprint density at radius 1 is 1.22 bits per heavy atom. The van der Waals surface area contributed by atoms with Crippen molar-refractivity contribution >= 4 is 5.69 Å². The first-order valence-corrected chi connectivity index (χ1v) is 6.35. The molecule has 18 heavy (non-hydrogen) atoms. The summed E-state index contributed by atoms with van der Waals surface area (Å²) in [6, 6.07) is 5.98. The van der Waals surface area contributed by atoms with Gasteiger partial charge >= 0.3 is 0 Å². The second-order valence-electron chi connectivity index (χ2n) is 4.78. The van der Waals surface area contributed by atoms with Crippen LogP contribution in [0.3, 0.4) is 0 Å². The van der Waals surface area contributed by atoms with E-state index in [1.54, 1.807) is 0 Å². The van der Waals surface area contributed by atoms with Crippen molar-refractivity contribution in [3.05, 3.63) is 18.2 Å². The molecule has 0 aliphatic carbocycles. The van der Waals surface area contributed by atoms with Crippen molar-refractivity contribution in [3.8, 4) is 11.5 Å². The van der Waals surface area contributed by atoms with Crippen molar-refractivity contribution in [1.82, 2.24) is 5.06 Å². The van der Waals surface area contributed by atoms with Crippen molar-refractivity contribution < 1.29 is 14.7 Å². The van der Waals surface area contributed by atoms with Crippen LogP contribution in [0, 0.1) is 0 Å². The lowest BCUT2D eigenvalue weighted by atomic mass is 10.2. The molecule has 3 rings (SSSR count). The van der Waals surface area contributed by atoms with Gasteiger partial charge in [-0.15, -0.1) is 0 Å². The highest BCUT2D eigenvalue weighted by atomic mass is 16.6. The first-order chi connectivity index (χ1) is 8.74. The Morgan fingerprint density at radius 2 is 2.00 bits per heavy atom. The van der Waals surface area contributed by atoms with Gasteiger partial charge in [-0.1, -0.05) is 6.07 Å². The number of para-hydroxylation sites is 1. The molecule has 2 aliphatic rings. The van der Waals surface area contributed by atoms with E-state index in [1.807, 2.05) is 25.1 Å². The van der Waals surface area contributed by atoms with Gasteiger partial charge in [-0.05, 0) is 19.1 Å². The van der Waals surface area contributed by atoms with E-state index in [2.05, 4.69) is 4.90 Å². The highest BCUT2D eigenvalue weighted by Gasteiger charge is 2.24. The maximum Gasteiger partial charge on any atom is 0.184 e. The number of hydrogen-bond donors (Lipinski definition) is 1. The number of benzene rings is 1. The van der Waals surface area contributed by atoms with E-state index in [0.717, 1.165) is 30.3 Å². The zero-order valence-electron chi connectivity index (χ0n) is 10.5. The van der Waals surface area contributed by atoms with Gasteiger partial charge in [-0.25, -0.2) is 0 Å². The molecule has 0 spiro atoms. The summed E-state index contributed by atoms with van der Waals surface area (Å²) >= 11 is 0. The second-order valence-corrected chi connectivity index (χ2v) is 4.78. The van der Waals surface area contributed by atoms with Crippen LogP contribution in [-0.4, -0.2) is 49.2 Å². The molecular formula is C13H18N2O3. The summed E-state index contributed by atoms with van der Waals surface area (Å²) < 4.78 is 11.6. The molecule has 0 aromatic heterocycles. The zero-order chi connectivity index (χ0) is 12.5. The van der Waals surface area contributed by atoms with Crippen LogP contribution in [-0.2, 0) is 0 Å². The van der Waals surface area contributed by atoms with Crippen molar-refractivity contribution in [2.45, 2.75) is 13.0 Å². The van der Waals surface area contributed by atoms with Crippen molar-refractivity contribution in [3.63, 3.8) is 0 Å². The Labute approximate surface area is 106 Å². The van der Waals surface area contributed by atoms with Gasteiger partial charge in [0, 0.05) is 26.2 Å². The minimum Gasteiger partial charge on any atom is -0.484 e. The fraction of sp³-hybridized carbons (Fsp3) is 0.538. The average molecular weight is 250 g/mol. The largest absolute Gasteiger partial charge is 0.484 e. The van der Waals surface area contributed by atoms with E-state index in [1.165, 1.54) is 5.06 Å². The number of fused-ring (bicyclic) bond motifs is 1. The summed E-state index contributed by atoms with van der Waals surface area (Å²) in [6.45, 7) is 5.49. The molecule has 1 unspecified atom stereocenters. The minimum absolute atomic E-state index is 0.0991. The van der Waals surface area contributed by atoms with Gasteiger partial charge in [0.15, 0.2) is 11.5 Å². The number of ether oxygens (including phenoxy) is 2. The summed E-state index contributed by atoms with van der Waals surface area (Å²) in [7, 11) is 0. The molecule has 1 aromatic carbocycles. The number of nitrogens with zero attached hydrogens (tertiary/aromatic N) is 2. The van der Waals surface area contributed by atoms with E-state index in [9.17, 15) is 5.21 Å². The predicted molar refractivity (Wildman–Crippen MR) is 67.6 cm³/mol. The van der Waals surface area contributed by atoms with Crippen molar-refractivity contribution in [1.29, 1.82) is 0 Å². The fourth-order valence-electron chi connectivity index (χ4n) is 2.38. The normalized spacial score (nSPS) is 24.1. The summed E-state index contributed by atoms with van der Waals surface area (Å²) in [6.07, 6.45) is 0.0991. The van der Waals surface area contributed by atoms with Crippen LogP contribution in [0.15, 0.2) is 18.2 Å². The second kappa shape index (κ2) is 4.66. The summed E-state index contributed by atoms with van der Waals surface area (Å²) in [5.74, 6) is 1.65. The molecule has 5 nitrogen and oxygen atoms in total. The zero-order valence-corrected chi connectivity index (χ0v) is 10.5. The highest BCUT2D eigenvalue weighted by molar-refractivity contribution is 5.65. The Hall–Kier alpha value is -1.46. The lowest BCUT2D eigenvalue weighted by molar-refractivity contribution is -0.0936. The van der Waals surface area contributed by atoms with Crippen LogP contribution >= 0.6 is 0 Å². The van der Waals surface area contributed by atoms with Crippen LogP contribution in [0.5, 0.6) is 11.5 Å². The maximum absolute atomic E-state index is 9.40. The number of rotatable bonds is 1. The van der Waals surface area contributed by atoms with E-state index in [4.69, 9.17) is 9.47 Å². The highest BCUT2D eigenvalue weighted by Crippen LogP contribution is 2.40. The van der Waals surface area contributed by atoms with Crippen LogP contribution in [0.4, 0.5) is 5.69 Å². The minimum atomic E-state index is 0.0991. The first-order valence-electron chi connectivity index (χ1n) is 6.35. The van der Waals surface area contributed by atoms with Crippen LogP contribution < -0.4 is 14.4 Å². The molecule has 1 aromatic rings. The van der Waals surface area contributed by atoms with Crippen LogP contribution in [0.2, 0.25) is 0 Å². The van der Waals surface area contributed by atoms with E-state index >= 15 is 0 Å². The summed E-state index contributed by atoms with van der Waals surface area (Å²) in [5.41, 5.74) is 1.06. The van der Waals surface area contributed by atoms with Gasteiger partial charge in [0.25, 0.3) is 0 Å². The Morgan fingerprint density at radius 3 is 2.78 bits per heavy atom. The Bertz CT molecular complexity index is 430. The SMILES string of the molecule is CC1COc2c(cccc2N2CCN(O)CC2)O1. The van der Waals surface area contributed by atoms with Gasteiger partial charge in [0.1, 0.15) is 12.7 Å². The topological polar surface area (TPSA) is 45.2 Å². The lowest BCUT2D eigenvalue weighted by Crippen LogP contribution is -2.45. The third-order valence-electron chi connectivity index (χ3n) is 3.35. The monoisotopic (exact) mass is 250 g/mol. The maximum atomic E-state index is 9.40. The number of hydrogen-bond acceptors (Lipinski definition) is 5. The summed E-state index contributed by atoms with van der Waals surface area (Å²) in [4.78, 5) is 2.23. The standard InChI is InChI=1S/C13H18N2O3/c1-10-9-17-13-11(3-2-4-12(13)18-10)14-5-7-15(16)8-6-14/h2-4,10,16H,5-9H2,1H3. The number of anilines is 1. The fourth-order valence-corrected chi connectivity index (χ4v) is 2.38. The van der Waals surface area contributed by atoms with Gasteiger partial charge in [0.05, 0.1) is 5.69 Å². The molecule has 2 aliphatic heterocycles. The van der Waals surface area contributed by atoms with Crippen molar-refractivity contribution in [2.24, 2.45) is 0 Å².